The Morgan fingerprint density at radius 3 is 2.64 bits per heavy atom. The monoisotopic (exact) mass is 200 g/mol. The van der Waals surface area contributed by atoms with E-state index in [-0.39, 0.29) is 6.04 Å². The number of hydrogen-bond acceptors (Lipinski definition) is 3. The van der Waals surface area contributed by atoms with Crippen molar-refractivity contribution in [3.8, 4) is 0 Å². The van der Waals surface area contributed by atoms with E-state index in [1.165, 1.54) is 0 Å². The molecule has 0 saturated carbocycles. The van der Waals surface area contributed by atoms with Crippen molar-refractivity contribution in [3.05, 3.63) is 0 Å². The molecule has 0 bridgehead atoms. The van der Waals surface area contributed by atoms with Crippen molar-refractivity contribution >= 4 is 5.97 Å². The normalized spacial score (nSPS) is 29.4. The largest absolute Gasteiger partial charge is 0.480 e. The predicted octanol–water partition coefficient (Wildman–Crippen LogP) is 0.533. The summed E-state index contributed by atoms with van der Waals surface area (Å²) in [6.07, 6.45) is 1.67. The Balaban J connectivity index is 2.75. The maximum Gasteiger partial charge on any atom is 0.325 e. The van der Waals surface area contributed by atoms with Gasteiger partial charge in [0, 0.05) is 12.6 Å². The molecule has 1 saturated heterocycles. The molecule has 82 valence electrons. The van der Waals surface area contributed by atoms with Crippen LogP contribution in [0.15, 0.2) is 0 Å². The van der Waals surface area contributed by atoms with Crippen LogP contribution in [0.25, 0.3) is 0 Å². The number of aliphatic carboxylic acids is 1. The average Bonchev–Trinajstić information content (AvgIpc) is 2.02. The van der Waals surface area contributed by atoms with Crippen LogP contribution in [0.5, 0.6) is 0 Å². The molecule has 1 heterocycles. The number of rotatable bonds is 3. The Hall–Kier alpha value is -0.610. The van der Waals surface area contributed by atoms with Gasteiger partial charge in [0.25, 0.3) is 0 Å². The number of carbonyl (C=O) groups is 1. The lowest BCUT2D eigenvalue weighted by Crippen LogP contribution is -2.62. The molecule has 0 aromatic carbocycles. The lowest BCUT2D eigenvalue weighted by molar-refractivity contribution is -0.147. The van der Waals surface area contributed by atoms with Crippen LogP contribution in [-0.4, -0.2) is 47.7 Å². The summed E-state index contributed by atoms with van der Waals surface area (Å²) < 4.78 is 0. The van der Waals surface area contributed by atoms with Gasteiger partial charge in [0.2, 0.25) is 0 Å². The molecule has 1 rings (SSSR count). The zero-order chi connectivity index (χ0) is 10.8. The molecule has 1 unspecified atom stereocenters. The fourth-order valence-corrected chi connectivity index (χ4v) is 2.18. The third-order valence-electron chi connectivity index (χ3n) is 2.66. The van der Waals surface area contributed by atoms with Crippen molar-refractivity contribution in [1.29, 1.82) is 0 Å². The van der Waals surface area contributed by atoms with Crippen molar-refractivity contribution in [2.75, 3.05) is 20.1 Å². The molecule has 0 aromatic rings. The Kier molecular flexibility index (Phi) is 3.50. The lowest BCUT2D eigenvalue weighted by Gasteiger charge is -2.40. The highest BCUT2D eigenvalue weighted by Crippen LogP contribution is 2.21. The first-order valence-corrected chi connectivity index (χ1v) is 5.16. The Morgan fingerprint density at radius 1 is 1.57 bits per heavy atom. The molecule has 0 radical (unpaired) electrons. The van der Waals surface area contributed by atoms with Crippen molar-refractivity contribution < 1.29 is 9.90 Å². The first-order chi connectivity index (χ1) is 6.46. The van der Waals surface area contributed by atoms with E-state index >= 15 is 0 Å². The van der Waals surface area contributed by atoms with E-state index in [0.717, 1.165) is 19.4 Å². The molecular formula is C10H20N2O2. The predicted molar refractivity (Wildman–Crippen MR) is 55.4 cm³/mol. The summed E-state index contributed by atoms with van der Waals surface area (Å²) in [5, 5.41) is 12.5. The lowest BCUT2D eigenvalue weighted by atomic mass is 9.88. The van der Waals surface area contributed by atoms with Gasteiger partial charge in [-0.2, -0.15) is 0 Å². The van der Waals surface area contributed by atoms with Crippen LogP contribution in [0, 0.1) is 0 Å². The SMILES string of the molecule is CC(C)NC1(C(=O)O)CCCN(C)C1. The van der Waals surface area contributed by atoms with Gasteiger partial charge >= 0.3 is 5.97 Å². The van der Waals surface area contributed by atoms with Crippen LogP contribution < -0.4 is 5.32 Å². The number of carboxylic acid groups (broad SMARTS) is 1. The third-order valence-corrected chi connectivity index (χ3v) is 2.66. The molecular weight excluding hydrogens is 180 g/mol. The first kappa shape index (κ1) is 11.5. The molecule has 1 atom stereocenters. The molecule has 0 aliphatic carbocycles. The number of nitrogens with one attached hydrogen (secondary N) is 1. The number of carboxylic acids is 1. The Morgan fingerprint density at radius 2 is 2.21 bits per heavy atom. The number of hydrogen-bond donors (Lipinski definition) is 2. The van der Waals surface area contributed by atoms with Crippen LogP contribution in [-0.2, 0) is 4.79 Å². The molecule has 1 aliphatic heterocycles. The highest BCUT2D eigenvalue weighted by Gasteiger charge is 2.41. The fraction of sp³-hybridized carbons (Fsp3) is 0.900. The zero-order valence-electron chi connectivity index (χ0n) is 9.21. The van der Waals surface area contributed by atoms with E-state index in [4.69, 9.17) is 0 Å². The molecule has 2 N–H and O–H groups in total. The second-order valence-electron chi connectivity index (χ2n) is 4.53. The summed E-state index contributed by atoms with van der Waals surface area (Å²) in [7, 11) is 1.97. The summed E-state index contributed by atoms with van der Waals surface area (Å²) in [6.45, 7) is 5.56. The van der Waals surface area contributed by atoms with Gasteiger partial charge in [-0.05, 0) is 40.3 Å². The minimum absolute atomic E-state index is 0.206. The molecule has 1 aliphatic rings. The number of likely N-dealkylation sites (tertiary alicyclic amines) is 1. The second kappa shape index (κ2) is 4.28. The van der Waals surface area contributed by atoms with Crippen LogP contribution in [0.2, 0.25) is 0 Å². The summed E-state index contributed by atoms with van der Waals surface area (Å²) in [4.78, 5) is 13.3. The van der Waals surface area contributed by atoms with Gasteiger partial charge in [0.15, 0.2) is 0 Å². The van der Waals surface area contributed by atoms with Gasteiger partial charge in [-0.15, -0.1) is 0 Å². The van der Waals surface area contributed by atoms with Crippen molar-refractivity contribution in [3.63, 3.8) is 0 Å². The highest BCUT2D eigenvalue weighted by molar-refractivity contribution is 5.79. The van der Waals surface area contributed by atoms with Crippen LogP contribution in [0.4, 0.5) is 0 Å². The summed E-state index contributed by atoms with van der Waals surface area (Å²) in [5.41, 5.74) is -0.735. The van der Waals surface area contributed by atoms with Gasteiger partial charge < -0.3 is 10.0 Å². The Labute approximate surface area is 85.3 Å². The van der Waals surface area contributed by atoms with E-state index in [1.54, 1.807) is 0 Å². The molecule has 14 heavy (non-hydrogen) atoms. The topological polar surface area (TPSA) is 52.6 Å². The molecule has 0 amide bonds. The molecule has 4 nitrogen and oxygen atoms in total. The minimum atomic E-state index is -0.735. The molecule has 0 aromatic heterocycles. The van der Waals surface area contributed by atoms with E-state index < -0.39 is 11.5 Å². The van der Waals surface area contributed by atoms with Gasteiger partial charge in [0.05, 0.1) is 0 Å². The van der Waals surface area contributed by atoms with Gasteiger partial charge in [-0.3, -0.25) is 10.1 Å². The first-order valence-electron chi connectivity index (χ1n) is 5.16. The number of likely N-dealkylation sites (N-methyl/N-ethyl adjacent to an activating group) is 1. The number of nitrogens with zero attached hydrogens (tertiary/aromatic N) is 1. The smallest absolute Gasteiger partial charge is 0.325 e. The van der Waals surface area contributed by atoms with Crippen molar-refractivity contribution in [2.45, 2.75) is 38.3 Å². The molecule has 0 spiro atoms. The van der Waals surface area contributed by atoms with Crippen LogP contribution in [0.1, 0.15) is 26.7 Å². The van der Waals surface area contributed by atoms with Crippen LogP contribution >= 0.6 is 0 Å². The maximum atomic E-state index is 11.3. The standard InChI is InChI=1S/C10H20N2O2/c1-8(2)11-10(9(13)14)5-4-6-12(3)7-10/h8,11H,4-7H2,1-3H3,(H,13,14). The Bertz CT molecular complexity index is 214. The summed E-state index contributed by atoms with van der Waals surface area (Å²) >= 11 is 0. The van der Waals surface area contributed by atoms with Gasteiger partial charge in [0.1, 0.15) is 5.54 Å². The summed E-state index contributed by atoms with van der Waals surface area (Å²) in [6, 6.07) is 0.206. The van der Waals surface area contributed by atoms with E-state index in [1.807, 2.05) is 20.9 Å². The minimum Gasteiger partial charge on any atom is -0.480 e. The molecule has 1 fully saturated rings. The zero-order valence-corrected chi connectivity index (χ0v) is 9.21. The summed E-state index contributed by atoms with van der Waals surface area (Å²) in [5.74, 6) is -0.724. The quantitative estimate of drug-likeness (QED) is 0.698. The molecule has 4 heteroatoms. The third kappa shape index (κ3) is 2.45. The fourth-order valence-electron chi connectivity index (χ4n) is 2.18. The number of piperidine rings is 1. The van der Waals surface area contributed by atoms with Crippen LogP contribution in [0.3, 0.4) is 0 Å². The van der Waals surface area contributed by atoms with E-state index in [0.29, 0.717) is 6.54 Å². The second-order valence-corrected chi connectivity index (χ2v) is 4.53. The van der Waals surface area contributed by atoms with Crippen molar-refractivity contribution in [1.82, 2.24) is 10.2 Å². The van der Waals surface area contributed by atoms with E-state index in [9.17, 15) is 9.90 Å². The maximum absolute atomic E-state index is 11.3. The van der Waals surface area contributed by atoms with E-state index in [2.05, 4.69) is 10.2 Å². The van der Waals surface area contributed by atoms with Gasteiger partial charge in [-0.25, -0.2) is 0 Å². The average molecular weight is 200 g/mol. The highest BCUT2D eigenvalue weighted by atomic mass is 16.4. The van der Waals surface area contributed by atoms with Crippen molar-refractivity contribution in [2.24, 2.45) is 0 Å². The van der Waals surface area contributed by atoms with Gasteiger partial charge in [-0.1, -0.05) is 0 Å².